The van der Waals surface area contributed by atoms with E-state index < -0.39 is 11.9 Å². The maximum absolute atomic E-state index is 12.3. The number of hydrogen-bond acceptors (Lipinski definition) is 4. The molecule has 0 aliphatic rings. The van der Waals surface area contributed by atoms with E-state index in [4.69, 9.17) is 9.47 Å². The number of fused-ring (bicyclic) bond motifs is 3. The van der Waals surface area contributed by atoms with Crippen LogP contribution in [0.3, 0.4) is 0 Å². The van der Waals surface area contributed by atoms with E-state index in [1.807, 2.05) is 36.4 Å². The predicted molar refractivity (Wildman–Crippen MR) is 124 cm³/mol. The van der Waals surface area contributed by atoms with Crippen LogP contribution < -0.4 is 10.1 Å². The first-order chi connectivity index (χ1) is 15.0. The fourth-order valence-electron chi connectivity index (χ4n) is 3.56. The summed E-state index contributed by atoms with van der Waals surface area (Å²) in [6, 6.07) is 21.1. The molecule has 0 aliphatic carbocycles. The van der Waals surface area contributed by atoms with Crippen molar-refractivity contribution in [2.24, 2.45) is 0 Å². The molecule has 0 unspecified atom stereocenters. The van der Waals surface area contributed by atoms with Crippen LogP contribution in [-0.2, 0) is 20.9 Å². The second-order valence-electron chi connectivity index (χ2n) is 6.95. The topological polar surface area (TPSA) is 69.6 Å². The number of carbonyl (C=O) groups excluding carboxylic acids is 2. The molecule has 0 bridgehead atoms. The molecular weight excluding hydrogens is 460 g/mol. The lowest BCUT2D eigenvalue weighted by molar-refractivity contribution is -0.149. The quantitative estimate of drug-likeness (QED) is 0.372. The van der Waals surface area contributed by atoms with E-state index in [0.717, 1.165) is 32.8 Å². The average molecular weight is 481 g/mol. The number of esters is 1. The molecule has 0 saturated heterocycles. The van der Waals surface area contributed by atoms with Crippen LogP contribution in [0.1, 0.15) is 6.92 Å². The lowest BCUT2D eigenvalue weighted by Crippen LogP contribution is -2.23. The molecule has 7 heteroatoms. The largest absolute Gasteiger partial charge is 0.482 e. The van der Waals surface area contributed by atoms with Crippen LogP contribution in [0.5, 0.6) is 5.75 Å². The number of anilines is 1. The third-order valence-electron chi connectivity index (χ3n) is 4.89. The molecule has 6 nitrogen and oxygen atoms in total. The summed E-state index contributed by atoms with van der Waals surface area (Å²) in [4.78, 5) is 24.1. The molecule has 0 aliphatic heterocycles. The zero-order valence-corrected chi connectivity index (χ0v) is 18.5. The summed E-state index contributed by atoms with van der Waals surface area (Å²) in [5.41, 5.74) is 2.92. The number of ether oxygens (including phenoxy) is 2. The molecule has 1 heterocycles. The summed E-state index contributed by atoms with van der Waals surface area (Å²) in [7, 11) is 0. The molecule has 4 rings (SSSR count). The Kier molecular flexibility index (Phi) is 6.23. The number of hydrogen-bond donors (Lipinski definition) is 1. The molecule has 31 heavy (non-hydrogen) atoms. The van der Waals surface area contributed by atoms with Gasteiger partial charge in [-0.3, -0.25) is 4.79 Å². The zero-order valence-electron chi connectivity index (χ0n) is 16.9. The van der Waals surface area contributed by atoms with Gasteiger partial charge in [-0.05, 0) is 49.4 Å². The van der Waals surface area contributed by atoms with E-state index in [1.165, 1.54) is 0 Å². The van der Waals surface area contributed by atoms with Gasteiger partial charge >= 0.3 is 5.97 Å². The minimum atomic E-state index is -0.614. The van der Waals surface area contributed by atoms with Crippen LogP contribution in [0.4, 0.5) is 5.69 Å². The monoisotopic (exact) mass is 480 g/mol. The first kappa shape index (κ1) is 20.9. The molecule has 1 amide bonds. The van der Waals surface area contributed by atoms with Crippen molar-refractivity contribution < 1.29 is 19.1 Å². The number of nitrogens with zero attached hydrogens (tertiary/aromatic N) is 1. The second-order valence-corrected chi connectivity index (χ2v) is 7.86. The third kappa shape index (κ3) is 4.72. The normalized spacial score (nSPS) is 10.9. The molecule has 158 valence electrons. The van der Waals surface area contributed by atoms with Gasteiger partial charge in [-0.25, -0.2) is 4.79 Å². The molecule has 1 aromatic heterocycles. The molecule has 1 N–H and O–H groups in total. The standard InChI is InChI=1S/C24H21BrN2O4/c1-2-27-21-9-4-3-8-19(21)20-13-17(10-11-22(20)27)26-23(28)14-31-24(29)15-30-18-7-5-6-16(25)12-18/h3-13H,2,14-15H2,1H3,(H,26,28). The first-order valence-electron chi connectivity index (χ1n) is 9.90. The summed E-state index contributed by atoms with van der Waals surface area (Å²) in [5.74, 6) is -0.485. The Morgan fingerprint density at radius 2 is 1.74 bits per heavy atom. The van der Waals surface area contributed by atoms with Crippen molar-refractivity contribution >= 4 is 55.3 Å². The molecule has 0 fully saturated rings. The van der Waals surface area contributed by atoms with E-state index in [2.05, 4.69) is 44.9 Å². The molecular formula is C24H21BrN2O4. The van der Waals surface area contributed by atoms with Gasteiger partial charge in [-0.1, -0.05) is 40.2 Å². The van der Waals surface area contributed by atoms with Crippen molar-refractivity contribution in [2.75, 3.05) is 18.5 Å². The molecule has 0 spiro atoms. The number of amides is 1. The molecule has 4 aromatic rings. The van der Waals surface area contributed by atoms with Gasteiger partial charge in [-0.15, -0.1) is 0 Å². The van der Waals surface area contributed by atoms with E-state index in [1.54, 1.807) is 18.2 Å². The van der Waals surface area contributed by atoms with Crippen molar-refractivity contribution in [3.8, 4) is 5.75 Å². The number of rotatable bonds is 7. The zero-order chi connectivity index (χ0) is 21.8. The molecule has 0 saturated carbocycles. The van der Waals surface area contributed by atoms with Gasteiger partial charge in [0, 0.05) is 38.5 Å². The minimum Gasteiger partial charge on any atom is -0.482 e. The highest BCUT2D eigenvalue weighted by Crippen LogP contribution is 2.30. The van der Waals surface area contributed by atoms with Gasteiger partial charge in [0.15, 0.2) is 13.2 Å². The fourth-order valence-corrected chi connectivity index (χ4v) is 3.93. The van der Waals surface area contributed by atoms with Crippen LogP contribution >= 0.6 is 15.9 Å². The number of aromatic nitrogens is 1. The van der Waals surface area contributed by atoms with Gasteiger partial charge in [0.25, 0.3) is 5.91 Å². The lowest BCUT2D eigenvalue weighted by Gasteiger charge is -2.09. The number of aryl methyl sites for hydroxylation is 1. The molecule has 0 atom stereocenters. The number of carbonyl (C=O) groups is 2. The number of halogens is 1. The van der Waals surface area contributed by atoms with Gasteiger partial charge in [0.1, 0.15) is 5.75 Å². The Morgan fingerprint density at radius 3 is 2.55 bits per heavy atom. The van der Waals surface area contributed by atoms with E-state index in [-0.39, 0.29) is 13.2 Å². The van der Waals surface area contributed by atoms with Gasteiger partial charge in [-0.2, -0.15) is 0 Å². The summed E-state index contributed by atoms with van der Waals surface area (Å²) in [5, 5.41) is 4.99. The van der Waals surface area contributed by atoms with E-state index in [0.29, 0.717) is 11.4 Å². The third-order valence-corrected chi connectivity index (χ3v) is 5.38. The SMILES string of the molecule is CCn1c2ccccc2c2cc(NC(=O)COC(=O)COc3cccc(Br)c3)ccc21. The second kappa shape index (κ2) is 9.22. The average Bonchev–Trinajstić information content (AvgIpc) is 3.09. The summed E-state index contributed by atoms with van der Waals surface area (Å²) < 4.78 is 13.5. The van der Waals surface area contributed by atoms with Gasteiger partial charge in [0.2, 0.25) is 0 Å². The Hall–Kier alpha value is -3.32. The van der Waals surface area contributed by atoms with Crippen molar-refractivity contribution in [2.45, 2.75) is 13.5 Å². The highest BCUT2D eigenvalue weighted by atomic mass is 79.9. The molecule has 3 aromatic carbocycles. The van der Waals surface area contributed by atoms with Gasteiger partial charge in [0.05, 0.1) is 0 Å². The Morgan fingerprint density at radius 1 is 0.935 bits per heavy atom. The smallest absolute Gasteiger partial charge is 0.344 e. The Bertz CT molecular complexity index is 1270. The van der Waals surface area contributed by atoms with E-state index >= 15 is 0 Å². The van der Waals surface area contributed by atoms with Crippen molar-refractivity contribution in [3.63, 3.8) is 0 Å². The minimum absolute atomic E-state index is 0.272. The van der Waals surface area contributed by atoms with Crippen LogP contribution in [0.15, 0.2) is 71.2 Å². The lowest BCUT2D eigenvalue weighted by atomic mass is 10.1. The first-order valence-corrected chi connectivity index (χ1v) is 10.7. The Labute approximate surface area is 187 Å². The summed E-state index contributed by atoms with van der Waals surface area (Å²) >= 11 is 3.33. The van der Waals surface area contributed by atoms with Gasteiger partial charge < -0.3 is 19.4 Å². The summed E-state index contributed by atoms with van der Waals surface area (Å²) in [6.45, 7) is 2.31. The number of benzene rings is 3. The maximum atomic E-state index is 12.3. The van der Waals surface area contributed by atoms with Crippen molar-refractivity contribution in [3.05, 3.63) is 71.2 Å². The van der Waals surface area contributed by atoms with Crippen LogP contribution in [0.25, 0.3) is 21.8 Å². The Balaban J connectivity index is 1.37. The van der Waals surface area contributed by atoms with Crippen molar-refractivity contribution in [1.82, 2.24) is 4.57 Å². The van der Waals surface area contributed by atoms with Crippen LogP contribution in [0.2, 0.25) is 0 Å². The highest BCUT2D eigenvalue weighted by molar-refractivity contribution is 9.10. The fraction of sp³-hybridized carbons (Fsp3) is 0.167. The number of nitrogens with one attached hydrogen (secondary N) is 1. The predicted octanol–water partition coefficient (Wildman–Crippen LogP) is 5.14. The maximum Gasteiger partial charge on any atom is 0.344 e. The molecule has 0 radical (unpaired) electrons. The van der Waals surface area contributed by atoms with Crippen LogP contribution in [-0.4, -0.2) is 29.7 Å². The highest BCUT2D eigenvalue weighted by Gasteiger charge is 2.12. The summed E-state index contributed by atoms with van der Waals surface area (Å²) in [6.07, 6.45) is 0. The van der Waals surface area contributed by atoms with Crippen LogP contribution in [0, 0.1) is 0 Å². The van der Waals surface area contributed by atoms with E-state index in [9.17, 15) is 9.59 Å². The van der Waals surface area contributed by atoms with Crippen molar-refractivity contribution in [1.29, 1.82) is 0 Å². The number of para-hydroxylation sites is 1.